The van der Waals surface area contributed by atoms with E-state index in [0.29, 0.717) is 43.7 Å². The SMILES string of the molecule is CCOC(=O)N1CCC(N(CCCOc2cccc(C(N)=O)c2)CC(c2ccccc2)c2ccccc2)CC1. The lowest BCUT2D eigenvalue weighted by atomic mass is 9.89. The molecule has 0 unspecified atom stereocenters. The molecule has 2 amide bonds. The van der Waals surface area contributed by atoms with E-state index in [4.69, 9.17) is 15.2 Å². The van der Waals surface area contributed by atoms with Crippen LogP contribution < -0.4 is 10.5 Å². The molecule has 1 aliphatic heterocycles. The van der Waals surface area contributed by atoms with Crippen molar-refractivity contribution >= 4 is 12.0 Å². The Bertz CT molecular complexity index is 1140. The van der Waals surface area contributed by atoms with E-state index in [0.717, 1.165) is 32.4 Å². The highest BCUT2D eigenvalue weighted by Crippen LogP contribution is 2.28. The molecule has 39 heavy (non-hydrogen) atoms. The second kappa shape index (κ2) is 14.4. The minimum atomic E-state index is -0.464. The summed E-state index contributed by atoms with van der Waals surface area (Å²) in [6, 6.07) is 28.7. The Hall–Kier alpha value is -3.84. The van der Waals surface area contributed by atoms with Gasteiger partial charge in [-0.15, -0.1) is 0 Å². The minimum absolute atomic E-state index is 0.222. The summed E-state index contributed by atoms with van der Waals surface area (Å²) in [5, 5.41) is 0. The average molecular weight is 530 g/mol. The van der Waals surface area contributed by atoms with Crippen molar-refractivity contribution in [3.8, 4) is 5.75 Å². The molecule has 7 nitrogen and oxygen atoms in total. The van der Waals surface area contributed by atoms with Crippen LogP contribution in [0.15, 0.2) is 84.9 Å². The number of nitrogens with zero attached hydrogens (tertiary/aromatic N) is 2. The monoisotopic (exact) mass is 529 g/mol. The molecule has 0 atom stereocenters. The van der Waals surface area contributed by atoms with Crippen LogP contribution in [-0.4, -0.2) is 67.2 Å². The average Bonchev–Trinajstić information content (AvgIpc) is 2.98. The van der Waals surface area contributed by atoms with E-state index < -0.39 is 5.91 Å². The molecule has 1 aliphatic rings. The summed E-state index contributed by atoms with van der Waals surface area (Å²) in [5.74, 6) is 0.407. The number of benzene rings is 3. The van der Waals surface area contributed by atoms with Gasteiger partial charge in [0.15, 0.2) is 0 Å². The smallest absolute Gasteiger partial charge is 0.409 e. The van der Waals surface area contributed by atoms with Crippen molar-refractivity contribution in [3.63, 3.8) is 0 Å². The summed E-state index contributed by atoms with van der Waals surface area (Å²) >= 11 is 0. The van der Waals surface area contributed by atoms with Gasteiger partial charge in [0.2, 0.25) is 5.91 Å². The second-order valence-electron chi connectivity index (χ2n) is 9.88. The lowest BCUT2D eigenvalue weighted by Gasteiger charge is -2.40. The predicted octanol–water partition coefficient (Wildman–Crippen LogP) is 5.31. The van der Waals surface area contributed by atoms with Crippen LogP contribution in [0, 0.1) is 0 Å². The molecule has 0 bridgehead atoms. The van der Waals surface area contributed by atoms with Crippen LogP contribution in [-0.2, 0) is 4.74 Å². The summed E-state index contributed by atoms with van der Waals surface area (Å²) < 4.78 is 11.2. The molecule has 206 valence electrons. The molecule has 4 rings (SSSR count). The lowest BCUT2D eigenvalue weighted by molar-refractivity contribution is 0.0719. The number of carbonyl (C=O) groups excluding carboxylic acids is 2. The molecular formula is C32H39N3O4. The number of piperidine rings is 1. The zero-order valence-corrected chi connectivity index (χ0v) is 22.7. The molecule has 0 aromatic heterocycles. The number of nitrogens with two attached hydrogens (primary N) is 1. The molecule has 0 spiro atoms. The molecule has 1 fully saturated rings. The standard InChI is InChI=1S/C32H39N3O4/c1-2-38-32(37)34-20-17-28(18-21-34)35(19-10-22-39-29-16-9-15-27(23-29)31(33)36)24-30(25-11-5-3-6-12-25)26-13-7-4-8-14-26/h3-9,11-16,23,28,30H,2,10,17-22,24H2,1H3,(H2,33,36). The predicted molar refractivity (Wildman–Crippen MR) is 153 cm³/mol. The number of primary amides is 1. The first-order chi connectivity index (χ1) is 19.0. The van der Waals surface area contributed by atoms with E-state index in [1.165, 1.54) is 11.1 Å². The summed E-state index contributed by atoms with van der Waals surface area (Å²) in [7, 11) is 0. The number of amides is 2. The number of carbonyl (C=O) groups is 2. The molecule has 0 aliphatic carbocycles. The summed E-state index contributed by atoms with van der Waals surface area (Å²) in [6.07, 6.45) is 2.41. The maximum atomic E-state index is 12.3. The fraction of sp³-hybridized carbons (Fsp3) is 0.375. The van der Waals surface area contributed by atoms with Gasteiger partial charge in [-0.2, -0.15) is 0 Å². The molecule has 3 aromatic rings. The van der Waals surface area contributed by atoms with Crippen LogP contribution in [0.1, 0.15) is 53.6 Å². The number of hydrogen-bond donors (Lipinski definition) is 1. The normalized spacial score (nSPS) is 14.0. The highest BCUT2D eigenvalue weighted by Gasteiger charge is 2.29. The van der Waals surface area contributed by atoms with Gasteiger partial charge >= 0.3 is 6.09 Å². The Morgan fingerprint density at radius 2 is 1.59 bits per heavy atom. The second-order valence-corrected chi connectivity index (χ2v) is 9.88. The van der Waals surface area contributed by atoms with Gasteiger partial charge < -0.3 is 20.1 Å². The highest BCUT2D eigenvalue weighted by molar-refractivity contribution is 5.93. The molecule has 2 N–H and O–H groups in total. The third-order valence-corrected chi connectivity index (χ3v) is 7.30. The maximum Gasteiger partial charge on any atom is 0.409 e. The number of ether oxygens (including phenoxy) is 2. The van der Waals surface area contributed by atoms with Crippen molar-refractivity contribution in [2.75, 3.05) is 39.4 Å². The van der Waals surface area contributed by atoms with Crippen LogP contribution >= 0.6 is 0 Å². The summed E-state index contributed by atoms with van der Waals surface area (Å²) in [4.78, 5) is 28.2. The molecule has 0 saturated carbocycles. The first kappa shape index (κ1) is 28.2. The number of rotatable bonds is 12. The van der Waals surface area contributed by atoms with E-state index in [9.17, 15) is 9.59 Å². The Morgan fingerprint density at radius 3 is 2.18 bits per heavy atom. The fourth-order valence-electron chi connectivity index (χ4n) is 5.26. The van der Waals surface area contributed by atoms with Crippen molar-refractivity contribution in [2.24, 2.45) is 5.73 Å². The van der Waals surface area contributed by atoms with Crippen molar-refractivity contribution < 1.29 is 19.1 Å². The first-order valence-electron chi connectivity index (χ1n) is 13.8. The third kappa shape index (κ3) is 8.07. The zero-order valence-electron chi connectivity index (χ0n) is 22.7. The zero-order chi connectivity index (χ0) is 27.5. The Balaban J connectivity index is 1.46. The van der Waals surface area contributed by atoms with E-state index in [2.05, 4.69) is 65.6 Å². The molecule has 3 aromatic carbocycles. The van der Waals surface area contributed by atoms with Gasteiger partial charge in [0.05, 0.1) is 13.2 Å². The van der Waals surface area contributed by atoms with Crippen LogP contribution in [0.3, 0.4) is 0 Å². The molecule has 7 heteroatoms. The van der Waals surface area contributed by atoms with Gasteiger partial charge in [-0.25, -0.2) is 4.79 Å². The van der Waals surface area contributed by atoms with Crippen molar-refractivity contribution in [1.82, 2.24) is 9.80 Å². The van der Waals surface area contributed by atoms with Crippen molar-refractivity contribution in [2.45, 2.75) is 38.1 Å². The Kier molecular flexibility index (Phi) is 10.4. The molecule has 1 heterocycles. The van der Waals surface area contributed by atoms with Gasteiger partial charge in [-0.05, 0) is 55.5 Å². The van der Waals surface area contributed by atoms with Crippen LogP contribution in [0.2, 0.25) is 0 Å². The molecule has 1 saturated heterocycles. The number of hydrogen-bond acceptors (Lipinski definition) is 5. The Morgan fingerprint density at radius 1 is 0.949 bits per heavy atom. The maximum absolute atomic E-state index is 12.3. The van der Waals surface area contributed by atoms with Gasteiger partial charge in [-0.1, -0.05) is 66.7 Å². The largest absolute Gasteiger partial charge is 0.494 e. The van der Waals surface area contributed by atoms with E-state index in [-0.39, 0.29) is 12.0 Å². The van der Waals surface area contributed by atoms with E-state index in [1.807, 2.05) is 17.9 Å². The van der Waals surface area contributed by atoms with Crippen LogP contribution in [0.4, 0.5) is 4.79 Å². The van der Waals surface area contributed by atoms with E-state index >= 15 is 0 Å². The van der Waals surface area contributed by atoms with Crippen LogP contribution in [0.5, 0.6) is 5.75 Å². The fourth-order valence-corrected chi connectivity index (χ4v) is 5.26. The van der Waals surface area contributed by atoms with Gasteiger partial charge in [0, 0.05) is 43.7 Å². The van der Waals surface area contributed by atoms with Gasteiger partial charge in [-0.3, -0.25) is 9.69 Å². The molecule has 0 radical (unpaired) electrons. The lowest BCUT2D eigenvalue weighted by Crippen LogP contribution is -2.48. The van der Waals surface area contributed by atoms with Crippen molar-refractivity contribution in [1.29, 1.82) is 0 Å². The number of likely N-dealkylation sites (tertiary alicyclic amines) is 1. The van der Waals surface area contributed by atoms with Gasteiger partial charge in [0.1, 0.15) is 5.75 Å². The summed E-state index contributed by atoms with van der Waals surface area (Å²) in [5.41, 5.74) is 8.43. The minimum Gasteiger partial charge on any atom is -0.494 e. The topological polar surface area (TPSA) is 85.1 Å². The van der Waals surface area contributed by atoms with Crippen molar-refractivity contribution in [3.05, 3.63) is 102 Å². The van der Waals surface area contributed by atoms with Crippen LogP contribution in [0.25, 0.3) is 0 Å². The summed E-state index contributed by atoms with van der Waals surface area (Å²) in [6.45, 7) is 5.87. The third-order valence-electron chi connectivity index (χ3n) is 7.30. The van der Waals surface area contributed by atoms with Gasteiger partial charge in [0.25, 0.3) is 0 Å². The highest BCUT2D eigenvalue weighted by atomic mass is 16.6. The Labute approximate surface area is 231 Å². The van der Waals surface area contributed by atoms with E-state index in [1.54, 1.807) is 18.2 Å². The molecular weight excluding hydrogens is 490 g/mol. The quantitative estimate of drug-likeness (QED) is 0.322. The first-order valence-corrected chi connectivity index (χ1v) is 13.8.